The van der Waals surface area contributed by atoms with Crippen molar-refractivity contribution in [3.63, 3.8) is 0 Å². The summed E-state index contributed by atoms with van der Waals surface area (Å²) in [6.45, 7) is 4.14. The van der Waals surface area contributed by atoms with E-state index in [2.05, 4.69) is 20.4 Å². The molecule has 1 saturated carbocycles. The molecule has 7 nitrogen and oxygen atoms in total. The molecule has 0 bridgehead atoms. The van der Waals surface area contributed by atoms with Gasteiger partial charge in [0.1, 0.15) is 0 Å². The number of aliphatic carboxylic acids is 1. The lowest BCUT2D eigenvalue weighted by Gasteiger charge is -2.36. The number of tetrazole rings is 1. The Kier molecular flexibility index (Phi) is 3.00. The maximum Gasteiger partial charge on any atom is 0.309 e. The summed E-state index contributed by atoms with van der Waals surface area (Å²) < 4.78 is 1.92. The Balaban J connectivity index is 1.60. The minimum absolute atomic E-state index is 0.485. The molecule has 0 aromatic carbocycles. The number of carboxylic acid groups (broad SMARTS) is 1. The highest BCUT2D eigenvalue weighted by Gasteiger charge is 2.37. The molecule has 1 aliphatic heterocycles. The predicted molar refractivity (Wildman–Crippen MR) is 66.3 cm³/mol. The van der Waals surface area contributed by atoms with Crippen molar-refractivity contribution in [3.05, 3.63) is 5.82 Å². The number of likely N-dealkylation sites (tertiary alicyclic amines) is 1. The summed E-state index contributed by atoms with van der Waals surface area (Å²) in [4.78, 5) is 13.4. The van der Waals surface area contributed by atoms with Gasteiger partial charge < -0.3 is 5.11 Å². The molecule has 1 aromatic rings. The van der Waals surface area contributed by atoms with Gasteiger partial charge in [-0.15, -0.1) is 5.10 Å². The summed E-state index contributed by atoms with van der Waals surface area (Å²) in [6.07, 6.45) is 3.70. The van der Waals surface area contributed by atoms with E-state index in [0.29, 0.717) is 18.9 Å². The standard InChI is InChI=1S/C12H19N5O2/c1-12(11(18)19)4-6-16(7-5-12)8-10-13-14-15-17(10)9-2-3-9/h9H,2-8H2,1H3,(H,18,19). The number of carbonyl (C=O) groups is 1. The van der Waals surface area contributed by atoms with E-state index in [1.54, 1.807) is 0 Å². The van der Waals surface area contributed by atoms with Crippen LogP contribution in [0.2, 0.25) is 0 Å². The molecule has 0 amide bonds. The van der Waals surface area contributed by atoms with Gasteiger partial charge in [0.15, 0.2) is 5.82 Å². The van der Waals surface area contributed by atoms with Crippen molar-refractivity contribution in [3.8, 4) is 0 Å². The smallest absolute Gasteiger partial charge is 0.309 e. The number of rotatable bonds is 4. The van der Waals surface area contributed by atoms with Crippen LogP contribution in [-0.4, -0.2) is 49.3 Å². The third-order valence-corrected chi connectivity index (χ3v) is 4.29. The van der Waals surface area contributed by atoms with Crippen molar-refractivity contribution >= 4 is 5.97 Å². The Morgan fingerprint density at radius 3 is 2.68 bits per heavy atom. The van der Waals surface area contributed by atoms with Crippen molar-refractivity contribution in [2.45, 2.75) is 45.2 Å². The van der Waals surface area contributed by atoms with Crippen molar-refractivity contribution in [1.29, 1.82) is 0 Å². The first-order valence-electron chi connectivity index (χ1n) is 6.81. The predicted octanol–water partition coefficient (Wildman–Crippen LogP) is 0.695. The van der Waals surface area contributed by atoms with Crippen molar-refractivity contribution in [1.82, 2.24) is 25.1 Å². The Labute approximate surface area is 111 Å². The van der Waals surface area contributed by atoms with Crippen molar-refractivity contribution in [2.75, 3.05) is 13.1 Å². The lowest BCUT2D eigenvalue weighted by Crippen LogP contribution is -2.42. The molecule has 19 heavy (non-hydrogen) atoms. The molecule has 1 aromatic heterocycles. The molecule has 104 valence electrons. The highest BCUT2D eigenvalue weighted by atomic mass is 16.4. The lowest BCUT2D eigenvalue weighted by atomic mass is 9.80. The molecule has 0 radical (unpaired) electrons. The van der Waals surface area contributed by atoms with Gasteiger partial charge in [-0.3, -0.25) is 9.69 Å². The van der Waals surface area contributed by atoms with Crippen LogP contribution in [0.25, 0.3) is 0 Å². The van der Waals surface area contributed by atoms with Gasteiger partial charge in [0.2, 0.25) is 0 Å². The molecule has 2 fully saturated rings. The molecule has 3 rings (SSSR count). The monoisotopic (exact) mass is 265 g/mol. The zero-order chi connectivity index (χ0) is 13.5. The number of nitrogens with zero attached hydrogens (tertiary/aromatic N) is 5. The average molecular weight is 265 g/mol. The minimum Gasteiger partial charge on any atom is -0.481 e. The summed E-state index contributed by atoms with van der Waals surface area (Å²) in [5, 5.41) is 21.1. The average Bonchev–Trinajstić information content (AvgIpc) is 3.13. The summed E-state index contributed by atoms with van der Waals surface area (Å²) in [5.41, 5.74) is -0.571. The fourth-order valence-corrected chi connectivity index (χ4v) is 2.54. The summed E-state index contributed by atoms with van der Waals surface area (Å²) >= 11 is 0. The molecule has 1 aliphatic carbocycles. The molecule has 1 saturated heterocycles. The second-order valence-electron chi connectivity index (χ2n) is 5.91. The quantitative estimate of drug-likeness (QED) is 0.862. The highest BCUT2D eigenvalue weighted by molar-refractivity contribution is 5.74. The first-order valence-corrected chi connectivity index (χ1v) is 6.81. The fraction of sp³-hybridized carbons (Fsp3) is 0.833. The highest BCUT2D eigenvalue weighted by Crippen LogP contribution is 2.35. The van der Waals surface area contributed by atoms with Gasteiger partial charge in [-0.2, -0.15) is 0 Å². The van der Waals surface area contributed by atoms with Crippen LogP contribution in [0.15, 0.2) is 0 Å². The van der Waals surface area contributed by atoms with Crippen molar-refractivity contribution < 1.29 is 9.90 Å². The van der Waals surface area contributed by atoms with Crippen LogP contribution < -0.4 is 0 Å². The number of piperidine rings is 1. The Morgan fingerprint density at radius 1 is 1.42 bits per heavy atom. The van der Waals surface area contributed by atoms with Gasteiger partial charge in [0, 0.05) is 0 Å². The first kappa shape index (κ1) is 12.5. The van der Waals surface area contributed by atoms with E-state index in [1.807, 2.05) is 11.6 Å². The molecular formula is C12H19N5O2. The van der Waals surface area contributed by atoms with Crippen molar-refractivity contribution in [2.24, 2.45) is 5.41 Å². The molecule has 0 unspecified atom stereocenters. The van der Waals surface area contributed by atoms with E-state index in [9.17, 15) is 9.90 Å². The van der Waals surface area contributed by atoms with Gasteiger partial charge in [-0.1, -0.05) is 0 Å². The van der Waals surface area contributed by atoms with Crippen LogP contribution >= 0.6 is 0 Å². The van der Waals surface area contributed by atoms with Gasteiger partial charge in [0.05, 0.1) is 18.0 Å². The molecule has 2 heterocycles. The summed E-state index contributed by atoms with van der Waals surface area (Å²) in [7, 11) is 0. The number of hydrogen-bond acceptors (Lipinski definition) is 5. The second kappa shape index (κ2) is 4.56. The minimum atomic E-state index is -0.685. The Bertz CT molecular complexity index is 474. The molecule has 2 aliphatic rings. The van der Waals surface area contributed by atoms with Gasteiger partial charge in [-0.05, 0) is 56.1 Å². The zero-order valence-corrected chi connectivity index (χ0v) is 11.1. The van der Waals surface area contributed by atoms with Crippen LogP contribution in [0.4, 0.5) is 0 Å². The molecule has 1 N–H and O–H groups in total. The second-order valence-corrected chi connectivity index (χ2v) is 5.91. The third kappa shape index (κ3) is 2.47. The number of aromatic nitrogens is 4. The van der Waals surface area contributed by atoms with Crippen LogP contribution in [0.3, 0.4) is 0 Å². The van der Waals surface area contributed by atoms with Gasteiger partial charge in [0.25, 0.3) is 0 Å². The SMILES string of the molecule is CC1(C(=O)O)CCN(Cc2nnnn2C2CC2)CC1. The Morgan fingerprint density at radius 2 is 2.11 bits per heavy atom. The van der Waals surface area contributed by atoms with Crippen LogP contribution in [0, 0.1) is 5.41 Å². The van der Waals surface area contributed by atoms with Crippen LogP contribution in [0.5, 0.6) is 0 Å². The molecular weight excluding hydrogens is 246 g/mol. The summed E-state index contributed by atoms with van der Waals surface area (Å²) in [6, 6.07) is 0.485. The summed E-state index contributed by atoms with van der Waals surface area (Å²) in [5.74, 6) is 0.219. The molecule has 0 spiro atoms. The van der Waals surface area contributed by atoms with E-state index in [-0.39, 0.29) is 0 Å². The number of hydrogen-bond donors (Lipinski definition) is 1. The maximum atomic E-state index is 11.2. The first-order chi connectivity index (χ1) is 9.08. The van der Waals surface area contributed by atoms with E-state index >= 15 is 0 Å². The lowest BCUT2D eigenvalue weighted by molar-refractivity contribution is -0.150. The molecule has 7 heteroatoms. The van der Waals surface area contributed by atoms with E-state index < -0.39 is 11.4 Å². The topological polar surface area (TPSA) is 84.1 Å². The van der Waals surface area contributed by atoms with E-state index in [1.165, 1.54) is 0 Å². The van der Waals surface area contributed by atoms with Gasteiger partial charge in [-0.25, -0.2) is 4.68 Å². The van der Waals surface area contributed by atoms with Gasteiger partial charge >= 0.3 is 5.97 Å². The van der Waals surface area contributed by atoms with E-state index in [4.69, 9.17) is 0 Å². The zero-order valence-electron chi connectivity index (χ0n) is 11.1. The van der Waals surface area contributed by atoms with E-state index in [0.717, 1.165) is 38.3 Å². The number of carboxylic acids is 1. The Hall–Kier alpha value is -1.50. The third-order valence-electron chi connectivity index (χ3n) is 4.29. The fourth-order valence-electron chi connectivity index (χ4n) is 2.54. The molecule has 0 atom stereocenters. The van der Waals surface area contributed by atoms with Crippen LogP contribution in [0.1, 0.15) is 44.5 Å². The van der Waals surface area contributed by atoms with Crippen LogP contribution in [-0.2, 0) is 11.3 Å². The normalized spacial score (nSPS) is 23.4. The largest absolute Gasteiger partial charge is 0.481 e. The maximum absolute atomic E-state index is 11.2.